The van der Waals surface area contributed by atoms with Gasteiger partial charge in [-0.1, -0.05) is 30.3 Å². The predicted molar refractivity (Wildman–Crippen MR) is 58.2 cm³/mol. The molecule has 4 nitrogen and oxygen atoms in total. The molecule has 0 aliphatic heterocycles. The standard InChI is InChI=1S/C12H14O4/c13-11(8-12(14)15)9-16-7-6-10-4-2-1-3-5-10/h1-5H,6-9H2,(H,14,15). The number of hydrogen-bond acceptors (Lipinski definition) is 3. The van der Waals surface area contributed by atoms with Crippen molar-refractivity contribution < 1.29 is 19.4 Å². The molecule has 0 fully saturated rings. The maximum absolute atomic E-state index is 11.0. The maximum Gasteiger partial charge on any atom is 0.310 e. The van der Waals surface area contributed by atoms with Gasteiger partial charge in [0, 0.05) is 0 Å². The van der Waals surface area contributed by atoms with Gasteiger partial charge in [-0.05, 0) is 12.0 Å². The van der Waals surface area contributed by atoms with Crippen LogP contribution in [0.5, 0.6) is 0 Å². The second-order valence-electron chi connectivity index (χ2n) is 3.40. The fourth-order valence-corrected chi connectivity index (χ4v) is 1.24. The molecule has 0 aromatic heterocycles. The summed E-state index contributed by atoms with van der Waals surface area (Å²) < 4.78 is 5.09. The lowest BCUT2D eigenvalue weighted by atomic mass is 10.2. The van der Waals surface area contributed by atoms with Crippen LogP contribution in [0.15, 0.2) is 30.3 Å². The van der Waals surface area contributed by atoms with Crippen molar-refractivity contribution in [1.29, 1.82) is 0 Å². The van der Waals surface area contributed by atoms with Crippen molar-refractivity contribution in [3.8, 4) is 0 Å². The molecule has 0 heterocycles. The van der Waals surface area contributed by atoms with Crippen LogP contribution in [0.25, 0.3) is 0 Å². The third-order valence-corrected chi connectivity index (χ3v) is 1.99. The minimum Gasteiger partial charge on any atom is -0.481 e. The first-order valence-corrected chi connectivity index (χ1v) is 5.03. The minimum atomic E-state index is -1.11. The van der Waals surface area contributed by atoms with Gasteiger partial charge < -0.3 is 9.84 Å². The van der Waals surface area contributed by atoms with Crippen LogP contribution in [-0.2, 0) is 20.7 Å². The van der Waals surface area contributed by atoms with E-state index in [1.165, 1.54) is 0 Å². The number of carboxylic acid groups (broad SMARTS) is 1. The van der Waals surface area contributed by atoms with Crippen molar-refractivity contribution in [1.82, 2.24) is 0 Å². The minimum absolute atomic E-state index is 0.126. The summed E-state index contributed by atoms with van der Waals surface area (Å²) in [6.07, 6.45) is 0.256. The van der Waals surface area contributed by atoms with E-state index < -0.39 is 18.2 Å². The van der Waals surface area contributed by atoms with Crippen LogP contribution in [0.1, 0.15) is 12.0 Å². The Hall–Kier alpha value is -1.68. The van der Waals surface area contributed by atoms with Crippen molar-refractivity contribution in [2.45, 2.75) is 12.8 Å². The van der Waals surface area contributed by atoms with E-state index in [2.05, 4.69) is 0 Å². The number of aliphatic carboxylic acids is 1. The van der Waals surface area contributed by atoms with Crippen LogP contribution in [0.2, 0.25) is 0 Å². The highest BCUT2D eigenvalue weighted by Gasteiger charge is 2.07. The van der Waals surface area contributed by atoms with Gasteiger partial charge in [0.15, 0.2) is 5.78 Å². The summed E-state index contributed by atoms with van der Waals surface area (Å²) in [5.74, 6) is -1.52. The molecule has 1 aromatic carbocycles. The molecule has 16 heavy (non-hydrogen) atoms. The Labute approximate surface area is 93.9 Å². The molecule has 86 valence electrons. The van der Waals surface area contributed by atoms with Crippen LogP contribution in [0.3, 0.4) is 0 Å². The zero-order valence-corrected chi connectivity index (χ0v) is 8.89. The molecule has 0 bridgehead atoms. The van der Waals surface area contributed by atoms with E-state index in [0.29, 0.717) is 6.61 Å². The van der Waals surface area contributed by atoms with Gasteiger partial charge >= 0.3 is 5.97 Å². The number of carboxylic acids is 1. The number of hydrogen-bond donors (Lipinski definition) is 1. The van der Waals surface area contributed by atoms with E-state index in [9.17, 15) is 9.59 Å². The zero-order chi connectivity index (χ0) is 11.8. The highest BCUT2D eigenvalue weighted by atomic mass is 16.5. The van der Waals surface area contributed by atoms with Gasteiger partial charge in [-0.2, -0.15) is 0 Å². The normalized spacial score (nSPS) is 10.0. The average molecular weight is 222 g/mol. The molecule has 0 aliphatic carbocycles. The van der Waals surface area contributed by atoms with E-state index in [0.717, 1.165) is 12.0 Å². The number of Topliss-reactive ketones (excluding diaryl/α,β-unsaturated/α-hetero) is 1. The topological polar surface area (TPSA) is 63.6 Å². The molecule has 1 N–H and O–H groups in total. The predicted octanol–water partition coefficient (Wildman–Crippen LogP) is 1.29. The summed E-state index contributed by atoms with van der Waals surface area (Å²) in [6.45, 7) is 0.300. The number of benzene rings is 1. The summed E-state index contributed by atoms with van der Waals surface area (Å²) in [5, 5.41) is 8.34. The SMILES string of the molecule is O=C(O)CC(=O)COCCc1ccccc1. The Morgan fingerprint density at radius 1 is 1.19 bits per heavy atom. The van der Waals surface area contributed by atoms with E-state index in [1.807, 2.05) is 30.3 Å². The number of ketones is 1. The van der Waals surface area contributed by atoms with Crippen molar-refractivity contribution in [3.63, 3.8) is 0 Å². The molecule has 1 rings (SSSR count). The zero-order valence-electron chi connectivity index (χ0n) is 8.89. The summed E-state index contributed by atoms with van der Waals surface area (Å²) in [4.78, 5) is 21.1. The summed E-state index contributed by atoms with van der Waals surface area (Å²) in [6, 6.07) is 9.75. The molecule has 0 unspecified atom stereocenters. The van der Waals surface area contributed by atoms with E-state index in [1.54, 1.807) is 0 Å². The first kappa shape index (κ1) is 12.4. The third kappa shape index (κ3) is 5.26. The Bertz CT molecular complexity index is 345. The van der Waals surface area contributed by atoms with Crippen molar-refractivity contribution in [3.05, 3.63) is 35.9 Å². The third-order valence-electron chi connectivity index (χ3n) is 1.99. The molecule has 0 atom stereocenters. The van der Waals surface area contributed by atoms with E-state index in [-0.39, 0.29) is 6.61 Å². The van der Waals surface area contributed by atoms with Crippen LogP contribution >= 0.6 is 0 Å². The molecule has 0 saturated carbocycles. The van der Waals surface area contributed by atoms with Crippen LogP contribution in [0.4, 0.5) is 0 Å². The van der Waals surface area contributed by atoms with Crippen molar-refractivity contribution in [2.75, 3.05) is 13.2 Å². The van der Waals surface area contributed by atoms with Gasteiger partial charge in [0.25, 0.3) is 0 Å². The number of rotatable bonds is 7. The fourth-order valence-electron chi connectivity index (χ4n) is 1.24. The number of carbonyl (C=O) groups excluding carboxylic acids is 1. The van der Waals surface area contributed by atoms with E-state index >= 15 is 0 Å². The van der Waals surface area contributed by atoms with Crippen molar-refractivity contribution in [2.24, 2.45) is 0 Å². The van der Waals surface area contributed by atoms with Crippen LogP contribution < -0.4 is 0 Å². The average Bonchev–Trinajstić information content (AvgIpc) is 2.25. The van der Waals surface area contributed by atoms with Gasteiger partial charge in [0.1, 0.15) is 13.0 Å². The molecule has 0 radical (unpaired) electrons. The largest absolute Gasteiger partial charge is 0.481 e. The molecule has 4 heteroatoms. The molecular weight excluding hydrogens is 208 g/mol. The monoisotopic (exact) mass is 222 g/mol. The van der Waals surface area contributed by atoms with Gasteiger partial charge in [-0.3, -0.25) is 9.59 Å². The van der Waals surface area contributed by atoms with Gasteiger partial charge in [-0.25, -0.2) is 0 Å². The van der Waals surface area contributed by atoms with Gasteiger partial charge in [-0.15, -0.1) is 0 Å². The Morgan fingerprint density at radius 2 is 1.88 bits per heavy atom. The highest BCUT2D eigenvalue weighted by molar-refractivity contribution is 5.95. The Kier molecular flexibility index (Phi) is 5.22. The fraction of sp³-hybridized carbons (Fsp3) is 0.333. The smallest absolute Gasteiger partial charge is 0.310 e. The second-order valence-corrected chi connectivity index (χ2v) is 3.40. The maximum atomic E-state index is 11.0. The summed E-state index contributed by atoms with van der Waals surface area (Å²) in [5.41, 5.74) is 1.13. The first-order valence-electron chi connectivity index (χ1n) is 5.03. The molecule has 0 aliphatic rings. The van der Waals surface area contributed by atoms with Crippen molar-refractivity contribution >= 4 is 11.8 Å². The lowest BCUT2D eigenvalue weighted by molar-refractivity contribution is -0.141. The Morgan fingerprint density at radius 3 is 2.50 bits per heavy atom. The van der Waals surface area contributed by atoms with Crippen LogP contribution in [-0.4, -0.2) is 30.1 Å². The molecular formula is C12H14O4. The lowest BCUT2D eigenvalue weighted by Crippen LogP contribution is -2.14. The quantitative estimate of drug-likeness (QED) is 0.557. The van der Waals surface area contributed by atoms with Gasteiger partial charge in [0.2, 0.25) is 0 Å². The molecule has 0 spiro atoms. The number of carbonyl (C=O) groups is 2. The summed E-state index contributed by atoms with van der Waals surface area (Å²) in [7, 11) is 0. The van der Waals surface area contributed by atoms with E-state index in [4.69, 9.17) is 9.84 Å². The summed E-state index contributed by atoms with van der Waals surface area (Å²) >= 11 is 0. The molecule has 0 amide bonds. The molecule has 1 aromatic rings. The highest BCUT2D eigenvalue weighted by Crippen LogP contribution is 1.99. The van der Waals surface area contributed by atoms with Gasteiger partial charge in [0.05, 0.1) is 6.61 Å². The lowest BCUT2D eigenvalue weighted by Gasteiger charge is -2.02. The number of ether oxygens (including phenoxy) is 1. The first-order chi connectivity index (χ1) is 7.68. The van der Waals surface area contributed by atoms with Crippen LogP contribution in [0, 0.1) is 0 Å². The molecule has 0 saturated heterocycles. The second kappa shape index (κ2) is 6.74. The Balaban J connectivity index is 2.13.